The summed E-state index contributed by atoms with van der Waals surface area (Å²) < 4.78 is 5.90. The molecule has 0 heterocycles. The highest BCUT2D eigenvalue weighted by Crippen LogP contribution is 2.17. The van der Waals surface area contributed by atoms with E-state index in [4.69, 9.17) is 17.0 Å². The molecule has 3 N–H and O–H groups in total. The molecular weight excluding hydrogens is 418 g/mol. The van der Waals surface area contributed by atoms with E-state index in [0.717, 1.165) is 21.3 Å². The molecule has 0 saturated carbocycles. The molecule has 0 aromatic heterocycles. The highest BCUT2D eigenvalue weighted by molar-refractivity contribution is 9.10. The molecule has 8 heteroatoms. The minimum absolute atomic E-state index is 0.0167. The van der Waals surface area contributed by atoms with E-state index in [2.05, 4.69) is 32.1 Å². The number of hydrazine groups is 1. The molecule has 0 aliphatic rings. The molecule has 0 spiro atoms. The van der Waals surface area contributed by atoms with Crippen LogP contribution in [0.3, 0.4) is 0 Å². The Bertz CT molecular complexity index is 825. The first kappa shape index (κ1) is 19.9. The maximum Gasteiger partial charge on any atom is 0.269 e. The zero-order valence-electron chi connectivity index (χ0n) is 14.3. The van der Waals surface area contributed by atoms with Gasteiger partial charge in [-0.3, -0.25) is 20.4 Å². The van der Waals surface area contributed by atoms with E-state index in [9.17, 15) is 9.59 Å². The van der Waals surface area contributed by atoms with Crippen LogP contribution in [0, 0.1) is 6.92 Å². The lowest BCUT2D eigenvalue weighted by atomic mass is 10.1. The minimum Gasteiger partial charge on any atom is -0.497 e. The van der Waals surface area contributed by atoms with Crippen molar-refractivity contribution in [3.8, 4) is 5.75 Å². The molecule has 0 aliphatic heterocycles. The molecule has 2 rings (SSSR count). The zero-order valence-corrected chi connectivity index (χ0v) is 16.7. The number of amides is 2. The highest BCUT2D eigenvalue weighted by Gasteiger charge is 2.09. The number of benzene rings is 2. The Labute approximate surface area is 165 Å². The fourth-order valence-electron chi connectivity index (χ4n) is 2.05. The van der Waals surface area contributed by atoms with Gasteiger partial charge < -0.3 is 10.1 Å². The number of nitrogens with one attached hydrogen (secondary N) is 3. The summed E-state index contributed by atoms with van der Waals surface area (Å²) in [4.78, 5) is 24.1. The van der Waals surface area contributed by atoms with E-state index in [1.54, 1.807) is 43.5 Å². The van der Waals surface area contributed by atoms with Crippen molar-refractivity contribution in [2.75, 3.05) is 7.11 Å². The summed E-state index contributed by atoms with van der Waals surface area (Å²) in [5.41, 5.74) is 7.27. The Morgan fingerprint density at radius 1 is 1.12 bits per heavy atom. The van der Waals surface area contributed by atoms with E-state index in [1.165, 1.54) is 0 Å². The van der Waals surface area contributed by atoms with Gasteiger partial charge in [0.1, 0.15) is 5.75 Å². The standard InChI is InChI=1S/C18H18BrN3O3S/c1-11-3-6-13(10-15(11)19)17(24)21-22-18(26)20-16(23)9-12-4-7-14(25-2)8-5-12/h3-8,10H,9H2,1-2H3,(H,21,24)(H2,20,22,23,26). The molecular formula is C18H18BrN3O3S. The zero-order chi connectivity index (χ0) is 19.1. The van der Waals surface area contributed by atoms with Crippen LogP contribution < -0.4 is 20.9 Å². The Morgan fingerprint density at radius 3 is 2.42 bits per heavy atom. The Hall–Kier alpha value is -2.45. The molecule has 0 atom stereocenters. The molecule has 26 heavy (non-hydrogen) atoms. The van der Waals surface area contributed by atoms with Crippen LogP contribution >= 0.6 is 28.1 Å². The number of carbonyl (C=O) groups is 2. The van der Waals surface area contributed by atoms with Crippen molar-refractivity contribution in [2.45, 2.75) is 13.3 Å². The van der Waals surface area contributed by atoms with Gasteiger partial charge in [-0.2, -0.15) is 0 Å². The van der Waals surface area contributed by atoms with Crippen LogP contribution in [0.25, 0.3) is 0 Å². The van der Waals surface area contributed by atoms with Crippen molar-refractivity contribution in [1.29, 1.82) is 0 Å². The lowest BCUT2D eigenvalue weighted by Crippen LogP contribution is -2.48. The SMILES string of the molecule is COc1ccc(CC(=O)NC(=S)NNC(=O)c2ccc(C)c(Br)c2)cc1. The average molecular weight is 436 g/mol. The van der Waals surface area contributed by atoms with Gasteiger partial charge >= 0.3 is 0 Å². The Morgan fingerprint density at radius 2 is 1.81 bits per heavy atom. The van der Waals surface area contributed by atoms with E-state index in [1.807, 2.05) is 13.0 Å². The maximum atomic E-state index is 12.1. The van der Waals surface area contributed by atoms with E-state index in [-0.39, 0.29) is 23.3 Å². The fourth-order valence-corrected chi connectivity index (χ4v) is 2.59. The van der Waals surface area contributed by atoms with Gasteiger partial charge in [-0.25, -0.2) is 0 Å². The Kier molecular flexibility index (Phi) is 7.11. The number of methoxy groups -OCH3 is 1. The first-order valence-corrected chi connectivity index (χ1v) is 8.88. The smallest absolute Gasteiger partial charge is 0.269 e. The van der Waals surface area contributed by atoms with Gasteiger partial charge in [0, 0.05) is 10.0 Å². The quantitative estimate of drug-likeness (QED) is 0.508. The number of hydrogen-bond donors (Lipinski definition) is 3. The van der Waals surface area contributed by atoms with Crippen LogP contribution in [0.15, 0.2) is 46.9 Å². The number of carbonyl (C=O) groups excluding carboxylic acids is 2. The van der Waals surface area contributed by atoms with Crippen LogP contribution in [0.1, 0.15) is 21.5 Å². The topological polar surface area (TPSA) is 79.5 Å². The van der Waals surface area contributed by atoms with Crippen molar-refractivity contribution in [3.05, 3.63) is 63.6 Å². The fraction of sp³-hybridized carbons (Fsp3) is 0.167. The lowest BCUT2D eigenvalue weighted by Gasteiger charge is -2.11. The monoisotopic (exact) mass is 435 g/mol. The van der Waals surface area contributed by atoms with Crippen molar-refractivity contribution in [2.24, 2.45) is 0 Å². The maximum absolute atomic E-state index is 12.1. The van der Waals surface area contributed by atoms with Gasteiger partial charge in [-0.15, -0.1) is 0 Å². The molecule has 2 aromatic carbocycles. The van der Waals surface area contributed by atoms with Crippen LogP contribution in [-0.2, 0) is 11.2 Å². The summed E-state index contributed by atoms with van der Waals surface area (Å²) >= 11 is 8.39. The average Bonchev–Trinajstić information content (AvgIpc) is 2.62. The summed E-state index contributed by atoms with van der Waals surface area (Å²) in [6.45, 7) is 1.93. The van der Waals surface area contributed by atoms with Gasteiger partial charge in [0.25, 0.3) is 5.91 Å². The molecule has 6 nitrogen and oxygen atoms in total. The number of hydrogen-bond acceptors (Lipinski definition) is 4. The second-order valence-electron chi connectivity index (χ2n) is 5.45. The van der Waals surface area contributed by atoms with Crippen LogP contribution in [0.2, 0.25) is 0 Å². The third-order valence-corrected chi connectivity index (χ3v) is 4.56. The van der Waals surface area contributed by atoms with Gasteiger partial charge in [-0.1, -0.05) is 34.1 Å². The predicted molar refractivity (Wildman–Crippen MR) is 107 cm³/mol. The largest absolute Gasteiger partial charge is 0.497 e. The van der Waals surface area contributed by atoms with E-state index in [0.29, 0.717) is 5.56 Å². The predicted octanol–water partition coefficient (Wildman–Crippen LogP) is 2.64. The number of rotatable bonds is 4. The second kappa shape index (κ2) is 9.30. The molecule has 0 unspecified atom stereocenters. The normalized spacial score (nSPS) is 9.96. The van der Waals surface area contributed by atoms with Gasteiger partial charge in [0.15, 0.2) is 5.11 Å². The lowest BCUT2D eigenvalue weighted by molar-refractivity contribution is -0.119. The van der Waals surface area contributed by atoms with Gasteiger partial charge in [0.2, 0.25) is 5.91 Å². The number of halogens is 1. The number of aryl methyl sites for hydroxylation is 1. The third-order valence-electron chi connectivity index (χ3n) is 3.50. The summed E-state index contributed by atoms with van der Waals surface area (Å²) in [6.07, 6.45) is 0.157. The first-order chi connectivity index (χ1) is 12.4. The van der Waals surface area contributed by atoms with Crippen LogP contribution in [-0.4, -0.2) is 24.0 Å². The van der Waals surface area contributed by atoms with Crippen molar-refractivity contribution in [3.63, 3.8) is 0 Å². The van der Waals surface area contributed by atoms with Crippen LogP contribution in [0.5, 0.6) is 5.75 Å². The highest BCUT2D eigenvalue weighted by atomic mass is 79.9. The molecule has 0 bridgehead atoms. The van der Waals surface area contributed by atoms with E-state index < -0.39 is 0 Å². The first-order valence-electron chi connectivity index (χ1n) is 7.68. The molecule has 0 fully saturated rings. The number of ether oxygens (including phenoxy) is 1. The molecule has 0 aliphatic carbocycles. The van der Waals surface area contributed by atoms with Gasteiger partial charge in [0.05, 0.1) is 13.5 Å². The summed E-state index contributed by atoms with van der Waals surface area (Å²) in [5.74, 6) is 0.0641. The Balaban J connectivity index is 1.80. The number of thiocarbonyl (C=S) groups is 1. The molecule has 0 radical (unpaired) electrons. The summed E-state index contributed by atoms with van der Waals surface area (Å²) in [7, 11) is 1.58. The second-order valence-corrected chi connectivity index (χ2v) is 6.71. The summed E-state index contributed by atoms with van der Waals surface area (Å²) in [5, 5.41) is 2.53. The third kappa shape index (κ3) is 5.82. The van der Waals surface area contributed by atoms with Crippen LogP contribution in [0.4, 0.5) is 0 Å². The van der Waals surface area contributed by atoms with Crippen molar-refractivity contribution < 1.29 is 14.3 Å². The molecule has 0 saturated heterocycles. The molecule has 2 aromatic rings. The van der Waals surface area contributed by atoms with Crippen molar-refractivity contribution >= 4 is 45.1 Å². The summed E-state index contributed by atoms with van der Waals surface area (Å²) in [6, 6.07) is 12.4. The molecule has 136 valence electrons. The van der Waals surface area contributed by atoms with E-state index >= 15 is 0 Å². The van der Waals surface area contributed by atoms with Crippen molar-refractivity contribution in [1.82, 2.24) is 16.2 Å². The molecule has 2 amide bonds. The van der Waals surface area contributed by atoms with Gasteiger partial charge in [-0.05, 0) is 54.5 Å². The minimum atomic E-state index is -0.363.